The zero-order valence-corrected chi connectivity index (χ0v) is 15.1. The van der Waals surface area contributed by atoms with E-state index >= 15 is 0 Å². The Morgan fingerprint density at radius 2 is 1.76 bits per heavy atom. The standard InChI is InChI=1S/C22H28O3/c1-2-24-21(23)19-6-3-4-7-20(19)25-9-5-8-22-13-16-10-17(14-22)12-18(11-16)15-22/h3-8,16-18H,2,9-15H2,1H3/b8-5+. The van der Waals surface area contributed by atoms with Crippen LogP contribution in [0.2, 0.25) is 0 Å². The van der Waals surface area contributed by atoms with Gasteiger partial charge in [-0.1, -0.05) is 24.3 Å². The highest BCUT2D eigenvalue weighted by atomic mass is 16.5. The van der Waals surface area contributed by atoms with Crippen LogP contribution in [0.3, 0.4) is 0 Å². The fraction of sp³-hybridized carbons (Fsp3) is 0.591. The second kappa shape index (κ2) is 6.86. The van der Waals surface area contributed by atoms with E-state index in [0.29, 0.717) is 29.9 Å². The molecule has 0 aromatic heterocycles. The Labute approximate surface area is 150 Å². The minimum atomic E-state index is -0.317. The third-order valence-corrected chi connectivity index (χ3v) is 6.27. The van der Waals surface area contributed by atoms with Gasteiger partial charge in [0.05, 0.1) is 6.61 Å². The number of carbonyl (C=O) groups is 1. The third-order valence-electron chi connectivity index (χ3n) is 6.27. The van der Waals surface area contributed by atoms with Crippen molar-refractivity contribution in [1.29, 1.82) is 0 Å². The van der Waals surface area contributed by atoms with Crippen LogP contribution in [0.25, 0.3) is 0 Å². The van der Waals surface area contributed by atoms with Gasteiger partial charge >= 0.3 is 5.97 Å². The zero-order valence-electron chi connectivity index (χ0n) is 15.1. The normalized spacial score (nSPS) is 32.9. The molecule has 0 atom stereocenters. The van der Waals surface area contributed by atoms with E-state index in [2.05, 4.69) is 12.2 Å². The topological polar surface area (TPSA) is 35.5 Å². The molecule has 4 aliphatic rings. The summed E-state index contributed by atoms with van der Waals surface area (Å²) in [6, 6.07) is 7.33. The van der Waals surface area contributed by atoms with Crippen LogP contribution in [0, 0.1) is 23.2 Å². The van der Waals surface area contributed by atoms with E-state index < -0.39 is 0 Å². The Bertz CT molecular complexity index is 626. The maximum atomic E-state index is 12.0. The molecule has 0 spiro atoms. The number of hydrogen-bond donors (Lipinski definition) is 0. The predicted octanol–water partition coefficient (Wildman–Crippen LogP) is 5.01. The van der Waals surface area contributed by atoms with Gasteiger partial charge in [-0.05, 0) is 80.8 Å². The molecule has 4 bridgehead atoms. The van der Waals surface area contributed by atoms with Crippen LogP contribution >= 0.6 is 0 Å². The Morgan fingerprint density at radius 3 is 2.40 bits per heavy atom. The first kappa shape index (κ1) is 16.7. The quantitative estimate of drug-likeness (QED) is 0.539. The van der Waals surface area contributed by atoms with Crippen LogP contribution in [0.15, 0.2) is 36.4 Å². The van der Waals surface area contributed by atoms with Crippen LogP contribution in [0.1, 0.15) is 55.8 Å². The summed E-state index contributed by atoms with van der Waals surface area (Å²) in [5, 5.41) is 0. The van der Waals surface area contributed by atoms with Gasteiger partial charge in [-0.2, -0.15) is 0 Å². The van der Waals surface area contributed by atoms with Gasteiger partial charge in [0.2, 0.25) is 0 Å². The average Bonchev–Trinajstić information content (AvgIpc) is 2.58. The highest BCUT2D eigenvalue weighted by molar-refractivity contribution is 5.92. The number of rotatable bonds is 6. The second-order valence-corrected chi connectivity index (χ2v) is 8.21. The fourth-order valence-corrected chi connectivity index (χ4v) is 5.79. The Morgan fingerprint density at radius 1 is 1.12 bits per heavy atom. The number of esters is 1. The van der Waals surface area contributed by atoms with Crippen molar-refractivity contribution in [2.75, 3.05) is 13.2 Å². The molecule has 3 heteroatoms. The van der Waals surface area contributed by atoms with Gasteiger partial charge in [0.25, 0.3) is 0 Å². The van der Waals surface area contributed by atoms with Crippen molar-refractivity contribution in [2.45, 2.75) is 45.4 Å². The molecule has 0 saturated heterocycles. The van der Waals surface area contributed by atoms with Gasteiger partial charge in [-0.3, -0.25) is 0 Å². The summed E-state index contributed by atoms with van der Waals surface area (Å²) in [6.07, 6.45) is 13.1. The van der Waals surface area contributed by atoms with E-state index in [1.165, 1.54) is 38.5 Å². The molecule has 0 amide bonds. The number of ether oxygens (including phenoxy) is 2. The second-order valence-electron chi connectivity index (χ2n) is 8.21. The third kappa shape index (κ3) is 3.47. The van der Waals surface area contributed by atoms with Crippen LogP contribution < -0.4 is 4.74 Å². The summed E-state index contributed by atoms with van der Waals surface area (Å²) in [6.45, 7) is 2.70. The summed E-state index contributed by atoms with van der Waals surface area (Å²) in [5.74, 6) is 3.17. The smallest absolute Gasteiger partial charge is 0.341 e. The lowest BCUT2D eigenvalue weighted by Gasteiger charge is -2.55. The summed E-state index contributed by atoms with van der Waals surface area (Å²) in [5.41, 5.74) is 0.936. The molecular formula is C22H28O3. The van der Waals surface area contributed by atoms with E-state index in [4.69, 9.17) is 9.47 Å². The minimum absolute atomic E-state index is 0.317. The van der Waals surface area contributed by atoms with Gasteiger partial charge in [-0.15, -0.1) is 0 Å². The van der Waals surface area contributed by atoms with E-state index in [1.807, 2.05) is 25.1 Å². The number of carbonyl (C=O) groups excluding carboxylic acids is 1. The average molecular weight is 340 g/mol. The summed E-state index contributed by atoms with van der Waals surface area (Å²) in [4.78, 5) is 12.0. The maximum absolute atomic E-state index is 12.0. The van der Waals surface area contributed by atoms with Gasteiger partial charge < -0.3 is 9.47 Å². The van der Waals surface area contributed by atoms with Gasteiger partial charge in [-0.25, -0.2) is 4.79 Å². The molecule has 0 aliphatic heterocycles. The first-order valence-corrected chi connectivity index (χ1v) is 9.74. The van der Waals surface area contributed by atoms with E-state index in [0.717, 1.165) is 17.8 Å². The first-order valence-electron chi connectivity index (χ1n) is 9.74. The highest BCUT2D eigenvalue weighted by Gasteiger charge is 2.49. The molecule has 0 N–H and O–H groups in total. The lowest BCUT2D eigenvalue weighted by Crippen LogP contribution is -2.45. The van der Waals surface area contributed by atoms with Crippen molar-refractivity contribution >= 4 is 5.97 Å². The molecule has 5 rings (SSSR count). The molecule has 0 unspecified atom stereocenters. The van der Waals surface area contributed by atoms with E-state index in [9.17, 15) is 4.79 Å². The minimum Gasteiger partial charge on any atom is -0.489 e. The molecule has 0 heterocycles. The number of benzene rings is 1. The van der Waals surface area contributed by atoms with Crippen molar-refractivity contribution < 1.29 is 14.3 Å². The molecule has 3 nitrogen and oxygen atoms in total. The summed E-state index contributed by atoms with van der Waals surface area (Å²) >= 11 is 0. The lowest BCUT2D eigenvalue weighted by atomic mass is 9.49. The maximum Gasteiger partial charge on any atom is 0.341 e. The van der Waals surface area contributed by atoms with E-state index in [1.54, 1.807) is 6.07 Å². The van der Waals surface area contributed by atoms with Gasteiger partial charge in [0, 0.05) is 0 Å². The van der Waals surface area contributed by atoms with Crippen LogP contribution in [-0.2, 0) is 4.74 Å². The molecule has 1 aromatic carbocycles. The van der Waals surface area contributed by atoms with Crippen molar-refractivity contribution in [3.63, 3.8) is 0 Å². The summed E-state index contributed by atoms with van der Waals surface area (Å²) in [7, 11) is 0. The Hall–Kier alpha value is -1.77. The monoisotopic (exact) mass is 340 g/mol. The molecule has 0 radical (unpaired) electrons. The van der Waals surface area contributed by atoms with Crippen LogP contribution in [-0.4, -0.2) is 19.2 Å². The van der Waals surface area contributed by atoms with E-state index in [-0.39, 0.29) is 5.97 Å². The molecule has 25 heavy (non-hydrogen) atoms. The molecule has 134 valence electrons. The van der Waals surface area contributed by atoms with Crippen molar-refractivity contribution in [1.82, 2.24) is 0 Å². The Kier molecular flexibility index (Phi) is 4.58. The van der Waals surface area contributed by atoms with Crippen molar-refractivity contribution in [3.05, 3.63) is 42.0 Å². The lowest BCUT2D eigenvalue weighted by molar-refractivity contribution is -0.0239. The summed E-state index contributed by atoms with van der Waals surface area (Å²) < 4.78 is 11.0. The molecule has 4 saturated carbocycles. The van der Waals surface area contributed by atoms with Crippen LogP contribution in [0.4, 0.5) is 0 Å². The number of para-hydroxylation sites is 1. The molecule has 4 aliphatic carbocycles. The van der Waals surface area contributed by atoms with Gasteiger partial charge in [0.1, 0.15) is 17.9 Å². The molecular weight excluding hydrogens is 312 g/mol. The highest BCUT2D eigenvalue weighted by Crippen LogP contribution is 2.60. The zero-order chi connectivity index (χ0) is 17.3. The number of hydrogen-bond acceptors (Lipinski definition) is 3. The Balaban J connectivity index is 1.38. The predicted molar refractivity (Wildman–Crippen MR) is 97.6 cm³/mol. The largest absolute Gasteiger partial charge is 0.489 e. The van der Waals surface area contributed by atoms with Crippen molar-refractivity contribution in [2.24, 2.45) is 23.2 Å². The first-order chi connectivity index (χ1) is 12.2. The SMILES string of the molecule is CCOC(=O)c1ccccc1OC/C=C/C12CC3CC(CC(C3)C1)C2. The van der Waals surface area contributed by atoms with Crippen LogP contribution in [0.5, 0.6) is 5.75 Å². The molecule has 4 fully saturated rings. The number of allylic oxidation sites excluding steroid dienone is 1. The van der Waals surface area contributed by atoms with Gasteiger partial charge in [0.15, 0.2) is 0 Å². The molecule has 1 aromatic rings. The fourth-order valence-electron chi connectivity index (χ4n) is 5.79. The van der Waals surface area contributed by atoms with Crippen molar-refractivity contribution in [3.8, 4) is 5.75 Å².